The molecule has 1 N–H and O–H groups in total. The maximum atomic E-state index is 13.7. The third kappa shape index (κ3) is 6.39. The fraction of sp³-hybridized carbons (Fsp3) is 0.281. The van der Waals surface area contributed by atoms with Gasteiger partial charge in [-0.15, -0.1) is 0 Å². The van der Waals surface area contributed by atoms with Crippen LogP contribution < -0.4 is 10.1 Å². The second kappa shape index (κ2) is 12.8. The van der Waals surface area contributed by atoms with Crippen molar-refractivity contribution in [1.82, 2.24) is 9.29 Å². The van der Waals surface area contributed by atoms with Crippen LogP contribution in [0.25, 0.3) is 10.9 Å². The summed E-state index contributed by atoms with van der Waals surface area (Å²) in [6, 6.07) is 16.8. The van der Waals surface area contributed by atoms with Gasteiger partial charge in [0.15, 0.2) is 4.90 Å². The number of nitrogens with zero attached hydrogens (tertiary/aromatic N) is 4. The number of ether oxygens (including phenoxy) is 1. The van der Waals surface area contributed by atoms with Crippen molar-refractivity contribution in [1.29, 1.82) is 5.26 Å². The van der Waals surface area contributed by atoms with Crippen molar-refractivity contribution in [3.05, 3.63) is 93.2 Å². The van der Waals surface area contributed by atoms with Gasteiger partial charge < -0.3 is 10.1 Å². The Kier molecular flexibility index (Phi) is 8.89. The average Bonchev–Trinajstić information content (AvgIpc) is 2.99. The summed E-state index contributed by atoms with van der Waals surface area (Å²) in [4.78, 5) is 28.2. The summed E-state index contributed by atoms with van der Waals surface area (Å²) in [6.45, 7) is 4.00. The lowest BCUT2D eigenvalue weighted by Crippen LogP contribution is -2.34. The SMILES string of the molecule is Cc1ccc2c(c1)Nc1c(C#N)cnc3cc(C)c(cc13)OCCCN(S(=O)(=O)c1ccccc1[N+](=O)[O-])CCCC(=O)C2. The minimum atomic E-state index is -4.25. The van der Waals surface area contributed by atoms with E-state index in [1.54, 1.807) is 6.07 Å². The molecule has 0 aliphatic carbocycles. The highest BCUT2D eigenvalue weighted by Gasteiger charge is 2.31. The summed E-state index contributed by atoms with van der Waals surface area (Å²) in [5.74, 6) is 0.458. The summed E-state index contributed by atoms with van der Waals surface area (Å²) >= 11 is 0. The molecule has 1 aliphatic rings. The van der Waals surface area contributed by atoms with Gasteiger partial charge in [-0.1, -0.05) is 24.3 Å². The highest BCUT2D eigenvalue weighted by atomic mass is 32.2. The molecule has 2 bridgehead atoms. The number of nitro benzene ring substituents is 1. The van der Waals surface area contributed by atoms with E-state index in [9.17, 15) is 28.6 Å². The molecule has 0 saturated carbocycles. The van der Waals surface area contributed by atoms with Crippen LogP contribution in [0.4, 0.5) is 17.1 Å². The van der Waals surface area contributed by atoms with E-state index in [2.05, 4.69) is 16.4 Å². The van der Waals surface area contributed by atoms with Gasteiger partial charge >= 0.3 is 0 Å². The Morgan fingerprint density at radius 1 is 1.09 bits per heavy atom. The van der Waals surface area contributed by atoms with Crippen LogP contribution in [0.2, 0.25) is 0 Å². The first kappa shape index (κ1) is 30.6. The molecular weight excluding hydrogens is 582 g/mol. The second-order valence-electron chi connectivity index (χ2n) is 10.7. The third-order valence-corrected chi connectivity index (χ3v) is 9.50. The van der Waals surface area contributed by atoms with Gasteiger partial charge in [-0.3, -0.25) is 19.9 Å². The number of aromatic nitrogens is 1. The number of hydrogen-bond acceptors (Lipinski definition) is 9. The van der Waals surface area contributed by atoms with Crippen LogP contribution in [0.5, 0.6) is 5.75 Å². The Balaban J connectivity index is 1.56. The molecule has 0 amide bonds. The van der Waals surface area contributed by atoms with Gasteiger partial charge in [0.1, 0.15) is 17.6 Å². The Hall–Kier alpha value is -4.86. The van der Waals surface area contributed by atoms with Crippen LogP contribution in [0.3, 0.4) is 0 Å². The lowest BCUT2D eigenvalue weighted by molar-refractivity contribution is -0.387. The quantitative estimate of drug-likeness (QED) is 0.225. The van der Waals surface area contributed by atoms with Gasteiger partial charge in [-0.2, -0.15) is 9.57 Å². The first-order valence-electron chi connectivity index (χ1n) is 14.2. The summed E-state index contributed by atoms with van der Waals surface area (Å²) in [7, 11) is -4.25. The Bertz CT molecular complexity index is 1920. The highest BCUT2D eigenvalue weighted by molar-refractivity contribution is 7.89. The van der Waals surface area contributed by atoms with Gasteiger partial charge in [-0.05, 0) is 67.6 Å². The molecule has 2 heterocycles. The number of sulfonamides is 1. The number of ketones is 1. The third-order valence-electron chi connectivity index (χ3n) is 7.55. The first-order valence-corrected chi connectivity index (χ1v) is 15.6. The predicted octanol–water partition coefficient (Wildman–Crippen LogP) is 5.74. The lowest BCUT2D eigenvalue weighted by Gasteiger charge is -2.22. The van der Waals surface area contributed by atoms with E-state index in [4.69, 9.17) is 4.74 Å². The first-order chi connectivity index (χ1) is 21.1. The predicted molar refractivity (Wildman–Crippen MR) is 166 cm³/mol. The van der Waals surface area contributed by atoms with Gasteiger partial charge in [0.2, 0.25) is 10.0 Å². The van der Waals surface area contributed by atoms with E-state index in [1.165, 1.54) is 28.7 Å². The van der Waals surface area contributed by atoms with Gasteiger partial charge in [0.05, 0.1) is 28.3 Å². The zero-order chi connectivity index (χ0) is 31.4. The molecule has 4 aromatic rings. The lowest BCUT2D eigenvalue weighted by atomic mass is 10.0. The average molecular weight is 614 g/mol. The van der Waals surface area contributed by atoms with Crippen molar-refractivity contribution in [2.24, 2.45) is 0 Å². The van der Waals surface area contributed by atoms with Crippen LogP contribution in [-0.4, -0.2) is 48.1 Å². The number of nitro groups is 1. The number of carbonyl (C=O) groups is 1. The molecule has 226 valence electrons. The molecule has 0 atom stereocenters. The number of nitriles is 1. The van der Waals surface area contributed by atoms with E-state index in [1.807, 2.05) is 38.1 Å². The Labute approximate surface area is 255 Å². The molecule has 44 heavy (non-hydrogen) atoms. The van der Waals surface area contributed by atoms with Crippen molar-refractivity contribution >= 4 is 43.8 Å². The molecule has 0 unspecified atom stereocenters. The number of rotatable bonds is 3. The monoisotopic (exact) mass is 613 g/mol. The molecule has 0 radical (unpaired) electrons. The number of anilines is 2. The smallest absolute Gasteiger partial charge is 0.289 e. The maximum Gasteiger partial charge on any atom is 0.289 e. The van der Waals surface area contributed by atoms with E-state index >= 15 is 0 Å². The van der Waals surface area contributed by atoms with Crippen LogP contribution in [0.1, 0.15) is 41.5 Å². The Morgan fingerprint density at radius 2 is 1.86 bits per heavy atom. The summed E-state index contributed by atoms with van der Waals surface area (Å²) in [5.41, 5.74) is 4.21. The second-order valence-corrected chi connectivity index (χ2v) is 12.6. The molecular formula is C32H31N5O6S. The largest absolute Gasteiger partial charge is 0.493 e. The van der Waals surface area contributed by atoms with Crippen molar-refractivity contribution in [3.63, 3.8) is 0 Å². The Morgan fingerprint density at radius 3 is 2.64 bits per heavy atom. The number of benzene rings is 3. The van der Waals surface area contributed by atoms with Crippen molar-refractivity contribution in [2.75, 3.05) is 25.0 Å². The van der Waals surface area contributed by atoms with E-state index in [0.717, 1.165) is 22.8 Å². The fourth-order valence-electron chi connectivity index (χ4n) is 5.29. The van der Waals surface area contributed by atoms with E-state index < -0.39 is 25.5 Å². The molecule has 0 spiro atoms. The van der Waals surface area contributed by atoms with E-state index in [0.29, 0.717) is 33.6 Å². The number of para-hydroxylation sites is 1. The number of hydrogen-bond donors (Lipinski definition) is 1. The normalized spacial score (nSPS) is 15.1. The highest BCUT2D eigenvalue weighted by Crippen LogP contribution is 2.35. The number of nitrogens with one attached hydrogen (secondary N) is 1. The zero-order valence-corrected chi connectivity index (χ0v) is 25.2. The molecule has 1 aliphatic heterocycles. The van der Waals surface area contributed by atoms with Crippen molar-refractivity contribution < 1.29 is 22.9 Å². The number of fused-ring (bicyclic) bond motifs is 2. The topological polar surface area (TPSA) is 156 Å². The standard InChI is InChI=1S/C32H31N5O6S/c1-21-10-11-23-17-25(38)7-5-12-36(44(41,42)31-9-4-3-8-29(31)37(39)40)13-6-14-43-30-18-26-28(16-22(30)2)34-20-24(19-33)32(26)35-27(23)15-21/h3-4,8-11,15-16,18,20,35H,5-7,12-14,17H2,1-2H3. The van der Waals surface area contributed by atoms with Gasteiger partial charge in [0, 0.05) is 49.3 Å². The maximum absolute atomic E-state index is 13.7. The molecule has 5 rings (SSSR count). The van der Waals surface area contributed by atoms with Crippen LogP contribution in [-0.2, 0) is 21.2 Å². The number of carbonyl (C=O) groups excluding carboxylic acids is 1. The summed E-state index contributed by atoms with van der Waals surface area (Å²) in [6.07, 6.45) is 2.24. The molecule has 0 fully saturated rings. The van der Waals surface area contributed by atoms with Crippen molar-refractivity contribution in [2.45, 2.75) is 44.4 Å². The molecule has 12 heteroatoms. The van der Waals surface area contributed by atoms with Crippen LogP contribution in [0.15, 0.2) is 65.7 Å². The number of Topliss-reactive ketones (excluding diaryl/α,β-unsaturated/α-hetero) is 1. The van der Waals surface area contributed by atoms with Crippen LogP contribution >= 0.6 is 0 Å². The summed E-state index contributed by atoms with van der Waals surface area (Å²) in [5, 5.41) is 25.6. The van der Waals surface area contributed by atoms with Crippen molar-refractivity contribution in [3.8, 4) is 11.8 Å². The minimum Gasteiger partial charge on any atom is -0.493 e. The van der Waals surface area contributed by atoms with Crippen LogP contribution in [0, 0.1) is 35.3 Å². The number of pyridine rings is 1. The fourth-order valence-corrected chi connectivity index (χ4v) is 6.96. The zero-order valence-electron chi connectivity index (χ0n) is 24.4. The van der Waals surface area contributed by atoms with Gasteiger partial charge in [-0.25, -0.2) is 8.42 Å². The number of aryl methyl sites for hydroxylation is 2. The molecule has 3 aromatic carbocycles. The molecule has 1 aromatic heterocycles. The van der Waals surface area contributed by atoms with Gasteiger partial charge in [0.25, 0.3) is 5.69 Å². The summed E-state index contributed by atoms with van der Waals surface area (Å²) < 4.78 is 34.7. The van der Waals surface area contributed by atoms with E-state index in [-0.39, 0.29) is 51.2 Å². The molecule has 11 nitrogen and oxygen atoms in total. The molecule has 0 saturated heterocycles. The minimum absolute atomic E-state index is 0.00670.